The number of aliphatic hydroxyl groups is 1. The predicted molar refractivity (Wildman–Crippen MR) is 93.2 cm³/mol. The van der Waals surface area contributed by atoms with Gasteiger partial charge in [0.25, 0.3) is 0 Å². The Labute approximate surface area is 147 Å². The minimum atomic E-state index is -0.701. The Balaban J connectivity index is 1.58. The van der Waals surface area contributed by atoms with Crippen molar-refractivity contribution in [2.24, 2.45) is 5.92 Å². The number of halogens is 2. The van der Waals surface area contributed by atoms with Crippen molar-refractivity contribution in [2.45, 2.75) is 37.5 Å². The summed E-state index contributed by atoms with van der Waals surface area (Å²) in [7, 11) is 0. The van der Waals surface area contributed by atoms with Crippen molar-refractivity contribution in [3.8, 4) is 0 Å². The van der Waals surface area contributed by atoms with Crippen LogP contribution < -0.4 is 10.6 Å². The van der Waals surface area contributed by atoms with Crippen LogP contribution >= 0.6 is 23.2 Å². The Morgan fingerprint density at radius 3 is 2.78 bits per heavy atom. The Morgan fingerprint density at radius 2 is 2.09 bits per heavy atom. The Bertz CT molecular complexity index is 503. The lowest BCUT2D eigenvalue weighted by Gasteiger charge is -2.33. The maximum atomic E-state index is 10.5. The molecule has 1 aliphatic carbocycles. The van der Waals surface area contributed by atoms with Gasteiger partial charge in [-0.25, -0.2) is 0 Å². The van der Waals surface area contributed by atoms with Crippen LogP contribution in [-0.2, 0) is 4.74 Å². The molecule has 0 radical (unpaired) electrons. The highest BCUT2D eigenvalue weighted by Gasteiger charge is 2.34. The van der Waals surface area contributed by atoms with E-state index in [1.165, 1.54) is 12.8 Å². The first-order valence-electron chi connectivity index (χ1n) is 8.33. The Morgan fingerprint density at radius 1 is 1.30 bits per heavy atom. The minimum Gasteiger partial charge on any atom is -0.387 e. The smallest absolute Gasteiger partial charge is 0.0943 e. The van der Waals surface area contributed by atoms with Crippen LogP contribution in [0.5, 0.6) is 0 Å². The van der Waals surface area contributed by atoms with Gasteiger partial charge in [0.2, 0.25) is 0 Å². The summed E-state index contributed by atoms with van der Waals surface area (Å²) >= 11 is 12.3. The molecule has 4 nitrogen and oxygen atoms in total. The number of nitrogens with one attached hydrogen (secondary N) is 2. The molecule has 1 aliphatic heterocycles. The van der Waals surface area contributed by atoms with E-state index in [9.17, 15) is 5.11 Å². The molecular formula is C17H24Cl2N2O2. The van der Waals surface area contributed by atoms with Crippen LogP contribution in [-0.4, -0.2) is 43.5 Å². The number of morpholine rings is 1. The van der Waals surface area contributed by atoms with Crippen LogP contribution in [0.15, 0.2) is 18.2 Å². The van der Waals surface area contributed by atoms with E-state index < -0.39 is 6.10 Å². The summed E-state index contributed by atoms with van der Waals surface area (Å²) in [6.45, 7) is 2.96. The standard InChI is InChI=1S/C17H24Cl2N2O2/c18-12-4-2-5-13(19)17(12)16(22)9-21-14-6-1-3-11(14)15-10-23-8-7-20-15/h2,4-5,11,14-16,20-22H,1,3,6-10H2. The quantitative estimate of drug-likeness (QED) is 0.757. The molecule has 128 valence electrons. The molecule has 1 aromatic rings. The molecular weight excluding hydrogens is 335 g/mol. The van der Waals surface area contributed by atoms with Crippen molar-refractivity contribution in [1.29, 1.82) is 0 Å². The molecule has 3 rings (SSSR count). The normalized spacial score (nSPS) is 29.6. The van der Waals surface area contributed by atoms with Crippen molar-refractivity contribution in [3.63, 3.8) is 0 Å². The molecule has 1 heterocycles. The molecule has 1 saturated heterocycles. The Hall–Kier alpha value is -0.360. The van der Waals surface area contributed by atoms with Crippen LogP contribution in [0.3, 0.4) is 0 Å². The van der Waals surface area contributed by atoms with Gasteiger partial charge in [-0.1, -0.05) is 35.7 Å². The largest absolute Gasteiger partial charge is 0.387 e. The number of ether oxygens (including phenoxy) is 1. The predicted octanol–water partition coefficient (Wildman–Crippen LogP) is 2.77. The van der Waals surface area contributed by atoms with Gasteiger partial charge in [-0.3, -0.25) is 0 Å². The molecule has 2 aliphatic rings. The van der Waals surface area contributed by atoms with Crippen LogP contribution in [0.25, 0.3) is 0 Å². The highest BCUT2D eigenvalue weighted by atomic mass is 35.5. The molecule has 23 heavy (non-hydrogen) atoms. The second kappa shape index (κ2) is 8.15. The molecule has 6 heteroatoms. The lowest BCUT2D eigenvalue weighted by atomic mass is 9.93. The molecule has 2 fully saturated rings. The van der Waals surface area contributed by atoms with Gasteiger partial charge < -0.3 is 20.5 Å². The van der Waals surface area contributed by atoms with Gasteiger partial charge in [-0.05, 0) is 30.9 Å². The molecule has 0 amide bonds. The van der Waals surface area contributed by atoms with Crippen LogP contribution in [0.1, 0.15) is 30.9 Å². The van der Waals surface area contributed by atoms with Gasteiger partial charge in [0, 0.05) is 40.8 Å². The molecule has 0 bridgehead atoms. The van der Waals surface area contributed by atoms with E-state index in [1.54, 1.807) is 18.2 Å². The topological polar surface area (TPSA) is 53.5 Å². The number of hydrogen-bond donors (Lipinski definition) is 3. The Kier molecular flexibility index (Phi) is 6.19. The zero-order valence-corrected chi connectivity index (χ0v) is 14.6. The molecule has 0 spiro atoms. The van der Waals surface area contributed by atoms with E-state index >= 15 is 0 Å². The van der Waals surface area contributed by atoms with Crippen LogP contribution in [0.2, 0.25) is 10.0 Å². The van der Waals surface area contributed by atoms with Crippen LogP contribution in [0.4, 0.5) is 0 Å². The summed E-state index contributed by atoms with van der Waals surface area (Å²) in [5, 5.41) is 18.6. The monoisotopic (exact) mass is 358 g/mol. The molecule has 4 unspecified atom stereocenters. The first kappa shape index (κ1) is 17.5. The summed E-state index contributed by atoms with van der Waals surface area (Å²) in [5.41, 5.74) is 0.608. The van der Waals surface area contributed by atoms with E-state index in [0.717, 1.165) is 26.2 Å². The average molecular weight is 359 g/mol. The summed E-state index contributed by atoms with van der Waals surface area (Å²) in [6.07, 6.45) is 2.84. The van der Waals surface area contributed by atoms with Gasteiger partial charge >= 0.3 is 0 Å². The number of benzene rings is 1. The van der Waals surface area contributed by atoms with E-state index in [1.807, 2.05) is 0 Å². The van der Waals surface area contributed by atoms with Gasteiger partial charge in [-0.2, -0.15) is 0 Å². The maximum absolute atomic E-state index is 10.5. The highest BCUT2D eigenvalue weighted by Crippen LogP contribution is 2.32. The van der Waals surface area contributed by atoms with Crippen molar-refractivity contribution in [2.75, 3.05) is 26.3 Å². The average Bonchev–Trinajstić information content (AvgIpc) is 3.02. The molecule has 1 saturated carbocycles. The molecule has 1 aromatic carbocycles. The van der Waals surface area contributed by atoms with Gasteiger partial charge in [0.05, 0.1) is 19.3 Å². The number of rotatable bonds is 5. The van der Waals surface area contributed by atoms with E-state index in [-0.39, 0.29) is 0 Å². The fourth-order valence-corrected chi connectivity index (χ4v) is 4.43. The maximum Gasteiger partial charge on any atom is 0.0943 e. The van der Waals surface area contributed by atoms with Crippen LogP contribution in [0, 0.1) is 5.92 Å². The molecule has 0 aromatic heterocycles. The summed E-state index contributed by atoms with van der Waals surface area (Å²) < 4.78 is 5.59. The summed E-state index contributed by atoms with van der Waals surface area (Å²) in [4.78, 5) is 0. The fourth-order valence-electron chi connectivity index (χ4n) is 3.78. The minimum absolute atomic E-state index is 0.394. The SMILES string of the molecule is OC(CNC1CCCC1C1COCCN1)c1c(Cl)cccc1Cl. The second-order valence-corrected chi connectivity index (χ2v) is 7.21. The number of hydrogen-bond acceptors (Lipinski definition) is 4. The fraction of sp³-hybridized carbons (Fsp3) is 0.647. The zero-order chi connectivity index (χ0) is 16.2. The highest BCUT2D eigenvalue weighted by molar-refractivity contribution is 6.36. The van der Waals surface area contributed by atoms with E-state index in [4.69, 9.17) is 27.9 Å². The molecule has 3 N–H and O–H groups in total. The summed E-state index contributed by atoms with van der Waals surface area (Å²) in [6, 6.07) is 6.10. The van der Waals surface area contributed by atoms with E-state index in [2.05, 4.69) is 10.6 Å². The molecule has 4 atom stereocenters. The van der Waals surface area contributed by atoms with Crippen molar-refractivity contribution >= 4 is 23.2 Å². The number of aliphatic hydroxyl groups excluding tert-OH is 1. The third-order valence-electron chi connectivity index (χ3n) is 4.94. The third kappa shape index (κ3) is 4.19. The second-order valence-electron chi connectivity index (χ2n) is 6.40. The lowest BCUT2D eigenvalue weighted by molar-refractivity contribution is 0.0513. The van der Waals surface area contributed by atoms with Crippen molar-refractivity contribution < 1.29 is 9.84 Å². The van der Waals surface area contributed by atoms with Gasteiger partial charge in [0.1, 0.15) is 0 Å². The van der Waals surface area contributed by atoms with Crippen molar-refractivity contribution in [1.82, 2.24) is 10.6 Å². The third-order valence-corrected chi connectivity index (χ3v) is 5.60. The van der Waals surface area contributed by atoms with E-state index in [0.29, 0.717) is 40.2 Å². The first-order valence-corrected chi connectivity index (χ1v) is 9.09. The zero-order valence-electron chi connectivity index (χ0n) is 13.1. The lowest BCUT2D eigenvalue weighted by Crippen LogP contribution is -2.51. The van der Waals surface area contributed by atoms with Gasteiger partial charge in [0.15, 0.2) is 0 Å². The summed E-state index contributed by atoms with van der Waals surface area (Å²) in [5.74, 6) is 0.546. The first-order chi connectivity index (χ1) is 11.2. The van der Waals surface area contributed by atoms with Gasteiger partial charge in [-0.15, -0.1) is 0 Å². The van der Waals surface area contributed by atoms with Crippen molar-refractivity contribution in [3.05, 3.63) is 33.8 Å².